The van der Waals surface area contributed by atoms with E-state index in [1.807, 2.05) is 30.0 Å². The lowest BCUT2D eigenvalue weighted by molar-refractivity contribution is -0.199. The Bertz CT molecular complexity index is 639. The van der Waals surface area contributed by atoms with Crippen LogP contribution in [0.1, 0.15) is 37.1 Å². The van der Waals surface area contributed by atoms with Crippen LogP contribution in [0.25, 0.3) is 0 Å². The van der Waals surface area contributed by atoms with E-state index in [9.17, 15) is 4.79 Å². The Hall–Kier alpha value is -1.50. The minimum atomic E-state index is -0.117. The molecule has 4 rings (SSSR count). The molecule has 0 radical (unpaired) electrons. The van der Waals surface area contributed by atoms with Gasteiger partial charge in [0, 0.05) is 44.9 Å². The highest BCUT2D eigenvalue weighted by Crippen LogP contribution is 2.35. The Balaban J connectivity index is 1.23. The van der Waals surface area contributed by atoms with E-state index in [0.717, 1.165) is 69.9 Å². The summed E-state index contributed by atoms with van der Waals surface area (Å²) in [5.41, 5.74) is 1.89. The average molecular weight is 359 g/mol. The van der Waals surface area contributed by atoms with Gasteiger partial charge in [-0.05, 0) is 38.3 Å². The van der Waals surface area contributed by atoms with Gasteiger partial charge in [0.2, 0.25) is 5.91 Å². The second-order valence-corrected chi connectivity index (χ2v) is 7.96. The molecule has 0 aromatic carbocycles. The molecule has 26 heavy (non-hydrogen) atoms. The number of ether oxygens (including phenoxy) is 2. The summed E-state index contributed by atoms with van der Waals surface area (Å²) in [4.78, 5) is 21.0. The number of rotatable bonds is 5. The van der Waals surface area contributed by atoms with Gasteiger partial charge in [-0.2, -0.15) is 0 Å². The fourth-order valence-corrected chi connectivity index (χ4v) is 4.37. The van der Waals surface area contributed by atoms with Crippen LogP contribution in [0.15, 0.2) is 18.2 Å². The van der Waals surface area contributed by atoms with E-state index >= 15 is 0 Å². The molecule has 1 atom stereocenters. The number of hydrogen-bond donors (Lipinski definition) is 0. The molecule has 1 aromatic heterocycles. The van der Waals surface area contributed by atoms with Crippen molar-refractivity contribution in [2.45, 2.75) is 50.9 Å². The van der Waals surface area contributed by atoms with Crippen LogP contribution in [-0.2, 0) is 20.9 Å². The highest BCUT2D eigenvalue weighted by Gasteiger charge is 2.48. The summed E-state index contributed by atoms with van der Waals surface area (Å²) in [6.07, 6.45) is 4.34. The number of amides is 1. The Morgan fingerprint density at radius 1 is 1.35 bits per heavy atom. The number of carbonyl (C=O) groups excluding carboxylic acids is 1. The first-order valence-electron chi connectivity index (χ1n) is 9.80. The van der Waals surface area contributed by atoms with E-state index in [4.69, 9.17) is 9.47 Å². The van der Waals surface area contributed by atoms with Crippen LogP contribution in [0.3, 0.4) is 0 Å². The second kappa shape index (κ2) is 7.62. The predicted molar refractivity (Wildman–Crippen MR) is 97.7 cm³/mol. The third-order valence-corrected chi connectivity index (χ3v) is 5.70. The van der Waals surface area contributed by atoms with Crippen LogP contribution in [0.5, 0.6) is 0 Å². The van der Waals surface area contributed by atoms with Gasteiger partial charge in [0.25, 0.3) is 0 Å². The zero-order chi connectivity index (χ0) is 18.0. The smallest absolute Gasteiger partial charge is 0.236 e. The van der Waals surface area contributed by atoms with Crippen LogP contribution < -0.4 is 0 Å². The maximum absolute atomic E-state index is 12.3. The van der Waals surface area contributed by atoms with Gasteiger partial charge in [-0.3, -0.25) is 14.7 Å². The molecule has 3 aliphatic heterocycles. The summed E-state index contributed by atoms with van der Waals surface area (Å²) in [7, 11) is 0. The largest absolute Gasteiger partial charge is 0.372 e. The maximum atomic E-state index is 12.3. The summed E-state index contributed by atoms with van der Waals surface area (Å²) in [5.74, 6) is 0.270. The topological polar surface area (TPSA) is 54.9 Å². The molecule has 3 saturated heterocycles. The fraction of sp³-hybridized carbons (Fsp3) is 0.700. The first-order chi connectivity index (χ1) is 12.6. The highest BCUT2D eigenvalue weighted by atomic mass is 16.5. The Kier molecular flexibility index (Phi) is 5.25. The van der Waals surface area contributed by atoms with Gasteiger partial charge >= 0.3 is 0 Å². The molecule has 142 valence electrons. The average Bonchev–Trinajstić information content (AvgIpc) is 3.14. The van der Waals surface area contributed by atoms with E-state index in [1.165, 1.54) is 0 Å². The van der Waals surface area contributed by atoms with Gasteiger partial charge in [-0.15, -0.1) is 0 Å². The van der Waals surface area contributed by atoms with Gasteiger partial charge in [-0.25, -0.2) is 0 Å². The lowest BCUT2D eigenvalue weighted by Gasteiger charge is -2.53. The third kappa shape index (κ3) is 4.08. The van der Waals surface area contributed by atoms with Gasteiger partial charge in [0.15, 0.2) is 0 Å². The quantitative estimate of drug-likeness (QED) is 0.802. The van der Waals surface area contributed by atoms with Crippen LogP contribution in [0.2, 0.25) is 0 Å². The molecule has 4 heterocycles. The van der Waals surface area contributed by atoms with Crippen molar-refractivity contribution >= 4 is 5.91 Å². The minimum Gasteiger partial charge on any atom is -0.372 e. The predicted octanol–water partition coefficient (Wildman–Crippen LogP) is 1.76. The van der Waals surface area contributed by atoms with Crippen molar-refractivity contribution in [1.82, 2.24) is 14.8 Å². The monoisotopic (exact) mass is 359 g/mol. The summed E-state index contributed by atoms with van der Waals surface area (Å²) in [5, 5.41) is 0. The molecule has 6 heteroatoms. The van der Waals surface area contributed by atoms with Crippen molar-refractivity contribution in [1.29, 1.82) is 0 Å². The Morgan fingerprint density at radius 2 is 2.15 bits per heavy atom. The molecule has 0 aliphatic carbocycles. The molecule has 1 spiro atoms. The highest BCUT2D eigenvalue weighted by molar-refractivity contribution is 5.78. The zero-order valence-electron chi connectivity index (χ0n) is 15.7. The van der Waals surface area contributed by atoms with Crippen molar-refractivity contribution in [3.63, 3.8) is 0 Å². The fourth-order valence-electron chi connectivity index (χ4n) is 4.37. The Morgan fingerprint density at radius 3 is 2.92 bits per heavy atom. The van der Waals surface area contributed by atoms with Crippen molar-refractivity contribution in [3.05, 3.63) is 29.6 Å². The number of nitrogens with zero attached hydrogens (tertiary/aromatic N) is 3. The molecule has 1 amide bonds. The van der Waals surface area contributed by atoms with Crippen LogP contribution in [0, 0.1) is 6.92 Å². The number of hydrogen-bond acceptors (Lipinski definition) is 5. The van der Waals surface area contributed by atoms with Crippen molar-refractivity contribution < 1.29 is 14.3 Å². The number of pyridine rings is 1. The third-order valence-electron chi connectivity index (χ3n) is 5.70. The summed E-state index contributed by atoms with van der Waals surface area (Å²) in [6, 6.07) is 6.03. The molecule has 1 unspecified atom stereocenters. The lowest BCUT2D eigenvalue weighted by atomic mass is 9.84. The molecule has 1 aromatic rings. The van der Waals surface area contributed by atoms with Crippen LogP contribution in [0.4, 0.5) is 0 Å². The van der Waals surface area contributed by atoms with E-state index in [-0.39, 0.29) is 17.6 Å². The normalized spacial score (nSPS) is 25.4. The lowest BCUT2D eigenvalue weighted by Crippen LogP contribution is -2.67. The SMILES string of the molecule is Cc1cccc(COC2CCOC3(C2)CN(CC(=O)N2CCCC2)C3)n1. The number of carbonyl (C=O) groups is 1. The summed E-state index contributed by atoms with van der Waals surface area (Å²) < 4.78 is 12.2. The van der Waals surface area contributed by atoms with Crippen molar-refractivity contribution in [3.8, 4) is 0 Å². The maximum Gasteiger partial charge on any atom is 0.236 e. The van der Waals surface area contributed by atoms with Crippen molar-refractivity contribution in [2.75, 3.05) is 39.3 Å². The second-order valence-electron chi connectivity index (χ2n) is 7.96. The van der Waals surface area contributed by atoms with Gasteiger partial charge in [0.1, 0.15) is 0 Å². The first-order valence-corrected chi connectivity index (χ1v) is 9.80. The Labute approximate surface area is 155 Å². The van der Waals surface area contributed by atoms with Gasteiger partial charge in [0.05, 0.1) is 30.6 Å². The minimum absolute atomic E-state index is 0.117. The zero-order valence-corrected chi connectivity index (χ0v) is 15.7. The standard InChI is InChI=1S/C20H29N3O3/c1-16-5-4-6-17(21-16)13-25-18-7-10-26-20(11-18)14-22(15-20)12-19(24)23-8-2-3-9-23/h4-6,18H,2-3,7-15H2,1H3. The summed E-state index contributed by atoms with van der Waals surface area (Å²) in [6.45, 7) is 7.36. The molecule has 6 nitrogen and oxygen atoms in total. The first kappa shape index (κ1) is 17.9. The number of aromatic nitrogens is 1. The van der Waals surface area contributed by atoms with Gasteiger partial charge < -0.3 is 14.4 Å². The van der Waals surface area contributed by atoms with Crippen molar-refractivity contribution in [2.24, 2.45) is 0 Å². The van der Waals surface area contributed by atoms with Gasteiger partial charge in [-0.1, -0.05) is 6.07 Å². The molecule has 3 fully saturated rings. The van der Waals surface area contributed by atoms with E-state index in [2.05, 4.69) is 9.88 Å². The molecule has 0 N–H and O–H groups in total. The molecule has 0 saturated carbocycles. The molecule has 0 bridgehead atoms. The number of likely N-dealkylation sites (tertiary alicyclic amines) is 2. The van der Waals surface area contributed by atoms with Crippen LogP contribution in [-0.4, -0.2) is 71.7 Å². The van der Waals surface area contributed by atoms with E-state index in [1.54, 1.807) is 0 Å². The number of aryl methyl sites for hydroxylation is 1. The van der Waals surface area contributed by atoms with E-state index < -0.39 is 0 Å². The van der Waals surface area contributed by atoms with Crippen LogP contribution >= 0.6 is 0 Å². The van der Waals surface area contributed by atoms with E-state index in [0.29, 0.717) is 13.2 Å². The molecular weight excluding hydrogens is 330 g/mol. The molecule has 3 aliphatic rings. The molecular formula is C20H29N3O3. The summed E-state index contributed by atoms with van der Waals surface area (Å²) >= 11 is 0.